The summed E-state index contributed by atoms with van der Waals surface area (Å²) in [5.41, 5.74) is 2.58. The normalized spacial score (nSPS) is 11.3. The number of methoxy groups -OCH3 is 2. The summed E-state index contributed by atoms with van der Waals surface area (Å²) >= 11 is 3.11. The maximum absolute atomic E-state index is 13.2. The molecule has 4 rings (SSSR count). The maximum Gasteiger partial charge on any atom is 0.262 e. The van der Waals surface area contributed by atoms with Crippen LogP contribution >= 0.6 is 23.1 Å². The van der Waals surface area contributed by atoms with E-state index in [-0.39, 0.29) is 5.56 Å². The fraction of sp³-hybridized carbons (Fsp3) is 0.320. The van der Waals surface area contributed by atoms with E-state index in [0.717, 1.165) is 33.4 Å². The molecular formula is C25H27N3O3S2. The Morgan fingerprint density at radius 3 is 2.64 bits per heavy atom. The molecule has 0 aliphatic rings. The molecule has 0 fully saturated rings. The van der Waals surface area contributed by atoms with E-state index in [1.54, 1.807) is 37.3 Å². The van der Waals surface area contributed by atoms with Gasteiger partial charge in [0, 0.05) is 17.7 Å². The first-order valence-corrected chi connectivity index (χ1v) is 12.7. The van der Waals surface area contributed by atoms with Crippen LogP contribution in [0.4, 0.5) is 0 Å². The van der Waals surface area contributed by atoms with Crippen LogP contribution in [0.15, 0.2) is 57.8 Å². The topological polar surface area (TPSA) is 66.2 Å². The molecule has 172 valence electrons. The van der Waals surface area contributed by atoms with Crippen LogP contribution in [0.25, 0.3) is 21.5 Å². The Morgan fingerprint density at radius 2 is 1.88 bits per heavy atom. The number of nitrogens with zero attached hydrogens (tertiary/aromatic N) is 3. The van der Waals surface area contributed by atoms with Gasteiger partial charge in [0.05, 0.1) is 36.4 Å². The van der Waals surface area contributed by atoms with Gasteiger partial charge < -0.3 is 9.47 Å². The number of hydrogen-bond acceptors (Lipinski definition) is 7. The minimum atomic E-state index is 0.0174. The van der Waals surface area contributed by atoms with Gasteiger partial charge in [-0.05, 0) is 36.6 Å². The standard InChI is InChI=1S/C25H27N3O3S2/c1-16(2)12-13-28-24(29)18-8-5-6-10-20(18)27-25(28)33-15-17-14-32-23(26-17)19-9-7-11-21(30-3)22(19)31-4/h5-11,14,16H,12-13,15H2,1-4H3. The number of hydrogen-bond donors (Lipinski definition) is 0. The second-order valence-electron chi connectivity index (χ2n) is 8.02. The van der Waals surface area contributed by atoms with Gasteiger partial charge in [-0.3, -0.25) is 9.36 Å². The van der Waals surface area contributed by atoms with Gasteiger partial charge in [0.1, 0.15) is 5.01 Å². The van der Waals surface area contributed by atoms with Crippen LogP contribution in [-0.2, 0) is 12.3 Å². The van der Waals surface area contributed by atoms with E-state index in [9.17, 15) is 4.79 Å². The quantitative estimate of drug-likeness (QED) is 0.220. The van der Waals surface area contributed by atoms with E-state index in [1.165, 1.54) is 0 Å². The zero-order chi connectivity index (χ0) is 23.4. The lowest BCUT2D eigenvalue weighted by molar-refractivity contribution is 0.356. The molecule has 0 aliphatic carbocycles. The van der Waals surface area contributed by atoms with Crippen LogP contribution in [0.5, 0.6) is 11.5 Å². The zero-order valence-electron chi connectivity index (χ0n) is 19.2. The lowest BCUT2D eigenvalue weighted by Gasteiger charge is -2.14. The Labute approximate surface area is 201 Å². The van der Waals surface area contributed by atoms with Crippen molar-refractivity contribution in [3.05, 3.63) is 63.9 Å². The van der Waals surface area contributed by atoms with Crippen molar-refractivity contribution >= 4 is 34.0 Å². The SMILES string of the molecule is COc1cccc(-c2nc(CSc3nc4ccccc4c(=O)n3CCC(C)C)cs2)c1OC. The lowest BCUT2D eigenvalue weighted by Crippen LogP contribution is -2.24. The minimum absolute atomic E-state index is 0.0174. The van der Waals surface area contributed by atoms with Crippen molar-refractivity contribution in [1.82, 2.24) is 14.5 Å². The predicted octanol–water partition coefficient (Wildman–Crippen LogP) is 5.88. The van der Waals surface area contributed by atoms with Crippen LogP contribution < -0.4 is 15.0 Å². The number of aromatic nitrogens is 3. The largest absolute Gasteiger partial charge is 0.493 e. The number of thiazole rings is 1. The molecule has 0 atom stereocenters. The highest BCUT2D eigenvalue weighted by Crippen LogP contribution is 2.39. The highest BCUT2D eigenvalue weighted by atomic mass is 32.2. The molecule has 8 heteroatoms. The third-order valence-electron chi connectivity index (χ3n) is 5.29. The molecule has 2 aromatic carbocycles. The molecule has 4 aromatic rings. The zero-order valence-corrected chi connectivity index (χ0v) is 20.8. The minimum Gasteiger partial charge on any atom is -0.493 e. The van der Waals surface area contributed by atoms with Gasteiger partial charge in [-0.2, -0.15) is 0 Å². The summed E-state index contributed by atoms with van der Waals surface area (Å²) in [6.07, 6.45) is 0.921. The van der Waals surface area contributed by atoms with E-state index in [1.807, 2.05) is 52.4 Å². The molecule has 0 spiro atoms. The Kier molecular flexibility index (Phi) is 7.35. The Bertz CT molecular complexity index is 1310. The van der Waals surface area contributed by atoms with Crippen LogP contribution in [0.2, 0.25) is 0 Å². The first-order valence-electron chi connectivity index (χ1n) is 10.8. The molecule has 33 heavy (non-hydrogen) atoms. The lowest BCUT2D eigenvalue weighted by atomic mass is 10.1. The van der Waals surface area contributed by atoms with Gasteiger partial charge in [-0.15, -0.1) is 11.3 Å². The maximum atomic E-state index is 13.2. The average molecular weight is 482 g/mol. The van der Waals surface area contributed by atoms with Crippen LogP contribution in [0.3, 0.4) is 0 Å². The van der Waals surface area contributed by atoms with Crippen molar-refractivity contribution < 1.29 is 9.47 Å². The highest BCUT2D eigenvalue weighted by molar-refractivity contribution is 7.98. The van der Waals surface area contributed by atoms with Crippen LogP contribution in [0.1, 0.15) is 26.0 Å². The third-order valence-corrected chi connectivity index (χ3v) is 7.23. The summed E-state index contributed by atoms with van der Waals surface area (Å²) in [7, 11) is 3.26. The molecule has 0 unspecified atom stereocenters. The van der Waals surface area contributed by atoms with Crippen molar-refractivity contribution in [1.29, 1.82) is 0 Å². The van der Waals surface area contributed by atoms with E-state index >= 15 is 0 Å². The Morgan fingerprint density at radius 1 is 1.06 bits per heavy atom. The molecule has 0 radical (unpaired) electrons. The molecular weight excluding hydrogens is 454 g/mol. The molecule has 2 aromatic heterocycles. The fourth-order valence-electron chi connectivity index (χ4n) is 3.53. The number of ether oxygens (including phenoxy) is 2. The number of thioether (sulfide) groups is 1. The Hall–Kier alpha value is -2.84. The summed E-state index contributed by atoms with van der Waals surface area (Å²) in [4.78, 5) is 22.8. The van der Waals surface area contributed by atoms with Crippen molar-refractivity contribution in [2.45, 2.75) is 37.7 Å². The fourth-order valence-corrected chi connectivity index (χ4v) is 5.40. The smallest absolute Gasteiger partial charge is 0.262 e. The average Bonchev–Trinajstić information content (AvgIpc) is 3.30. The molecule has 0 saturated heterocycles. The highest BCUT2D eigenvalue weighted by Gasteiger charge is 2.16. The van der Waals surface area contributed by atoms with Crippen molar-refractivity contribution in [2.24, 2.45) is 5.92 Å². The second kappa shape index (κ2) is 10.4. The predicted molar refractivity (Wildman–Crippen MR) is 136 cm³/mol. The first kappa shape index (κ1) is 23.3. The molecule has 0 saturated carbocycles. The molecule has 0 bridgehead atoms. The van der Waals surface area contributed by atoms with E-state index in [2.05, 4.69) is 13.8 Å². The molecule has 2 heterocycles. The summed E-state index contributed by atoms with van der Waals surface area (Å²) < 4.78 is 12.8. The third kappa shape index (κ3) is 5.07. The van der Waals surface area contributed by atoms with Gasteiger partial charge in [-0.25, -0.2) is 9.97 Å². The second-order valence-corrected chi connectivity index (χ2v) is 9.83. The number of para-hydroxylation sites is 2. The van der Waals surface area contributed by atoms with E-state index in [0.29, 0.717) is 35.1 Å². The monoisotopic (exact) mass is 481 g/mol. The van der Waals surface area contributed by atoms with Crippen molar-refractivity contribution in [3.63, 3.8) is 0 Å². The summed E-state index contributed by atoms with van der Waals surface area (Å²) in [5, 5.41) is 4.29. The number of benzene rings is 2. The summed E-state index contributed by atoms with van der Waals surface area (Å²) in [6, 6.07) is 13.3. The van der Waals surface area contributed by atoms with Crippen LogP contribution in [-0.4, -0.2) is 28.8 Å². The van der Waals surface area contributed by atoms with Gasteiger partial charge >= 0.3 is 0 Å². The van der Waals surface area contributed by atoms with Crippen LogP contribution in [0, 0.1) is 5.92 Å². The first-order chi connectivity index (χ1) is 16.0. The van der Waals surface area contributed by atoms with E-state index in [4.69, 9.17) is 19.4 Å². The summed E-state index contributed by atoms with van der Waals surface area (Å²) in [5.74, 6) is 2.47. The molecule has 0 aliphatic heterocycles. The molecule has 6 nitrogen and oxygen atoms in total. The van der Waals surface area contributed by atoms with Gasteiger partial charge in [-0.1, -0.05) is 43.8 Å². The van der Waals surface area contributed by atoms with Crippen molar-refractivity contribution in [2.75, 3.05) is 14.2 Å². The van der Waals surface area contributed by atoms with Gasteiger partial charge in [0.25, 0.3) is 5.56 Å². The van der Waals surface area contributed by atoms with Gasteiger partial charge in [0.2, 0.25) is 0 Å². The summed E-state index contributed by atoms with van der Waals surface area (Å²) in [6.45, 7) is 4.98. The molecule has 0 N–H and O–H groups in total. The number of fused-ring (bicyclic) bond motifs is 1. The Balaban J connectivity index is 1.61. The van der Waals surface area contributed by atoms with Crippen molar-refractivity contribution in [3.8, 4) is 22.1 Å². The molecule has 0 amide bonds. The number of rotatable bonds is 9. The van der Waals surface area contributed by atoms with E-state index < -0.39 is 0 Å². The van der Waals surface area contributed by atoms with Gasteiger partial charge in [0.15, 0.2) is 16.7 Å².